The van der Waals surface area contributed by atoms with Crippen molar-refractivity contribution < 1.29 is 0 Å². The van der Waals surface area contributed by atoms with Gasteiger partial charge < -0.3 is 5.32 Å². The maximum absolute atomic E-state index is 6.38. The molecule has 3 heteroatoms. The summed E-state index contributed by atoms with van der Waals surface area (Å²) in [4.78, 5) is 4.65. The Morgan fingerprint density at radius 2 is 1.95 bits per heavy atom. The van der Waals surface area contributed by atoms with E-state index in [2.05, 4.69) is 34.6 Å². The zero-order valence-corrected chi connectivity index (χ0v) is 11.5. The summed E-state index contributed by atoms with van der Waals surface area (Å²) in [6.45, 7) is 0.692. The Morgan fingerprint density at radius 3 is 2.79 bits per heavy atom. The number of nitrogens with zero attached hydrogens (tertiary/aromatic N) is 1. The van der Waals surface area contributed by atoms with Crippen LogP contribution in [0.15, 0.2) is 42.5 Å². The van der Waals surface area contributed by atoms with Crippen molar-refractivity contribution in [1.29, 1.82) is 0 Å². The monoisotopic (exact) mass is 272 g/mol. The lowest BCUT2D eigenvalue weighted by molar-refractivity contribution is 0.897. The molecule has 2 aromatic rings. The van der Waals surface area contributed by atoms with Crippen LogP contribution in [0.2, 0.25) is 0 Å². The van der Waals surface area contributed by atoms with Crippen molar-refractivity contribution in [3.8, 4) is 0 Å². The van der Waals surface area contributed by atoms with E-state index in [1.807, 2.05) is 18.2 Å². The van der Waals surface area contributed by atoms with Gasteiger partial charge in [0.25, 0.3) is 0 Å². The quantitative estimate of drug-likeness (QED) is 0.852. The second-order valence-electron chi connectivity index (χ2n) is 4.91. The van der Waals surface area contributed by atoms with E-state index in [0.29, 0.717) is 6.54 Å². The lowest BCUT2D eigenvalue weighted by Gasteiger charge is -2.12. The van der Waals surface area contributed by atoms with Crippen LogP contribution in [0.4, 0.5) is 5.82 Å². The Labute approximate surface area is 118 Å². The maximum Gasteiger partial charge on any atom is 0.126 e. The average molecular weight is 273 g/mol. The van der Waals surface area contributed by atoms with Gasteiger partial charge in [-0.2, -0.15) is 0 Å². The van der Waals surface area contributed by atoms with Gasteiger partial charge in [0.1, 0.15) is 5.82 Å². The van der Waals surface area contributed by atoms with Gasteiger partial charge in [0.2, 0.25) is 0 Å². The highest BCUT2D eigenvalue weighted by Crippen LogP contribution is 2.23. The third-order valence-corrected chi connectivity index (χ3v) is 3.96. The molecule has 98 valence electrons. The molecule has 1 aliphatic rings. The van der Waals surface area contributed by atoms with Gasteiger partial charge in [-0.25, -0.2) is 4.98 Å². The number of rotatable bonds is 4. The van der Waals surface area contributed by atoms with E-state index in [1.54, 1.807) is 0 Å². The first-order valence-corrected chi connectivity index (χ1v) is 7.18. The van der Waals surface area contributed by atoms with E-state index in [4.69, 9.17) is 11.6 Å². The molecule has 2 nitrogen and oxygen atoms in total. The zero-order chi connectivity index (χ0) is 13.1. The number of hydrogen-bond acceptors (Lipinski definition) is 2. The largest absolute Gasteiger partial charge is 0.368 e. The van der Waals surface area contributed by atoms with Crippen molar-refractivity contribution in [2.24, 2.45) is 0 Å². The van der Waals surface area contributed by atoms with Crippen LogP contribution in [0.5, 0.6) is 0 Å². The fraction of sp³-hybridized carbons (Fsp3) is 0.312. The van der Waals surface area contributed by atoms with Crippen LogP contribution in [0.25, 0.3) is 0 Å². The van der Waals surface area contributed by atoms with E-state index in [-0.39, 0.29) is 5.38 Å². The second kappa shape index (κ2) is 5.62. The number of aromatic nitrogens is 1. The van der Waals surface area contributed by atoms with Gasteiger partial charge >= 0.3 is 0 Å². The fourth-order valence-corrected chi connectivity index (χ4v) is 2.72. The molecule has 19 heavy (non-hydrogen) atoms. The summed E-state index contributed by atoms with van der Waals surface area (Å²) in [5.74, 6) is 0.933. The van der Waals surface area contributed by atoms with Crippen molar-refractivity contribution in [2.45, 2.75) is 24.6 Å². The van der Waals surface area contributed by atoms with E-state index >= 15 is 0 Å². The molecule has 1 unspecified atom stereocenters. The van der Waals surface area contributed by atoms with Crippen LogP contribution < -0.4 is 5.32 Å². The molecule has 0 fully saturated rings. The van der Waals surface area contributed by atoms with Crippen LogP contribution in [0.3, 0.4) is 0 Å². The Hall–Kier alpha value is -1.54. The summed E-state index contributed by atoms with van der Waals surface area (Å²) in [6, 6.07) is 14.4. The van der Waals surface area contributed by atoms with Crippen molar-refractivity contribution in [2.75, 3.05) is 11.9 Å². The SMILES string of the molecule is ClC(CNc1ccc2c(n1)CCC2)c1ccccc1. The molecule has 0 saturated heterocycles. The van der Waals surface area contributed by atoms with Gasteiger partial charge in [-0.05, 0) is 36.5 Å². The summed E-state index contributed by atoms with van der Waals surface area (Å²) in [5.41, 5.74) is 3.78. The van der Waals surface area contributed by atoms with Crippen LogP contribution >= 0.6 is 11.6 Å². The first kappa shape index (κ1) is 12.5. The van der Waals surface area contributed by atoms with Gasteiger partial charge in [-0.3, -0.25) is 0 Å². The molecule has 1 atom stereocenters. The average Bonchev–Trinajstić information content (AvgIpc) is 2.93. The molecule has 0 amide bonds. The summed E-state index contributed by atoms with van der Waals surface area (Å²) >= 11 is 6.38. The summed E-state index contributed by atoms with van der Waals surface area (Å²) < 4.78 is 0. The molecular formula is C16H17ClN2. The van der Waals surface area contributed by atoms with E-state index < -0.39 is 0 Å². The molecular weight excluding hydrogens is 256 g/mol. The number of halogens is 1. The number of aryl methyl sites for hydroxylation is 2. The standard InChI is InChI=1S/C16H17ClN2/c17-14(12-5-2-1-3-6-12)11-18-16-10-9-13-7-4-8-15(13)19-16/h1-3,5-6,9-10,14H,4,7-8,11H2,(H,18,19). The molecule has 1 heterocycles. The summed E-state index contributed by atoms with van der Waals surface area (Å²) in [5, 5.41) is 3.30. The number of fused-ring (bicyclic) bond motifs is 1. The van der Waals surface area contributed by atoms with E-state index in [9.17, 15) is 0 Å². The molecule has 0 radical (unpaired) electrons. The topological polar surface area (TPSA) is 24.9 Å². The third-order valence-electron chi connectivity index (χ3n) is 3.55. The Kier molecular flexibility index (Phi) is 3.69. The Morgan fingerprint density at radius 1 is 1.11 bits per heavy atom. The first-order valence-electron chi connectivity index (χ1n) is 6.74. The van der Waals surface area contributed by atoms with Gasteiger partial charge in [0.05, 0.1) is 5.38 Å². The predicted molar refractivity (Wildman–Crippen MR) is 79.8 cm³/mol. The number of pyridine rings is 1. The first-order chi connectivity index (χ1) is 9.33. The zero-order valence-electron chi connectivity index (χ0n) is 10.8. The molecule has 3 rings (SSSR count). The molecule has 0 spiro atoms. The lowest BCUT2D eigenvalue weighted by atomic mass is 10.1. The van der Waals surface area contributed by atoms with Crippen molar-refractivity contribution >= 4 is 17.4 Å². The molecule has 0 saturated carbocycles. The molecule has 1 N–H and O–H groups in total. The highest BCUT2D eigenvalue weighted by Gasteiger charge is 2.13. The number of anilines is 1. The van der Waals surface area contributed by atoms with Crippen LogP contribution in [0, 0.1) is 0 Å². The minimum absolute atomic E-state index is 0.0312. The molecule has 1 aromatic carbocycles. The van der Waals surface area contributed by atoms with Crippen molar-refractivity contribution in [3.63, 3.8) is 0 Å². The number of alkyl halides is 1. The highest BCUT2D eigenvalue weighted by atomic mass is 35.5. The minimum atomic E-state index is -0.0312. The molecule has 0 bridgehead atoms. The van der Waals surface area contributed by atoms with Gasteiger partial charge in [0.15, 0.2) is 0 Å². The van der Waals surface area contributed by atoms with Crippen LogP contribution in [-0.4, -0.2) is 11.5 Å². The second-order valence-corrected chi connectivity index (χ2v) is 5.44. The Balaban J connectivity index is 1.63. The summed E-state index contributed by atoms with van der Waals surface area (Å²) in [7, 11) is 0. The fourth-order valence-electron chi connectivity index (χ4n) is 2.49. The van der Waals surface area contributed by atoms with E-state index in [0.717, 1.165) is 17.8 Å². The summed E-state index contributed by atoms with van der Waals surface area (Å²) in [6.07, 6.45) is 3.51. The maximum atomic E-state index is 6.38. The minimum Gasteiger partial charge on any atom is -0.368 e. The smallest absolute Gasteiger partial charge is 0.126 e. The predicted octanol–water partition coefficient (Wildman–Crippen LogP) is 3.96. The van der Waals surface area contributed by atoms with Crippen LogP contribution in [-0.2, 0) is 12.8 Å². The van der Waals surface area contributed by atoms with E-state index in [1.165, 1.54) is 24.1 Å². The molecule has 1 aliphatic carbocycles. The van der Waals surface area contributed by atoms with Gasteiger partial charge in [0, 0.05) is 12.2 Å². The lowest BCUT2D eigenvalue weighted by Crippen LogP contribution is -2.09. The Bertz CT molecular complexity index is 554. The third kappa shape index (κ3) is 2.90. The number of nitrogens with one attached hydrogen (secondary N) is 1. The highest BCUT2D eigenvalue weighted by molar-refractivity contribution is 6.21. The number of benzene rings is 1. The van der Waals surface area contributed by atoms with Crippen LogP contribution in [0.1, 0.15) is 28.6 Å². The molecule has 0 aliphatic heterocycles. The normalized spacial score (nSPS) is 15.0. The molecule has 1 aromatic heterocycles. The number of hydrogen-bond donors (Lipinski definition) is 1. The van der Waals surface area contributed by atoms with Gasteiger partial charge in [-0.15, -0.1) is 11.6 Å². The van der Waals surface area contributed by atoms with Crippen molar-refractivity contribution in [1.82, 2.24) is 4.98 Å². The van der Waals surface area contributed by atoms with Crippen molar-refractivity contribution in [3.05, 3.63) is 59.3 Å². The van der Waals surface area contributed by atoms with Gasteiger partial charge in [-0.1, -0.05) is 36.4 Å².